The summed E-state index contributed by atoms with van der Waals surface area (Å²) >= 11 is 0. The summed E-state index contributed by atoms with van der Waals surface area (Å²) in [5.74, 6) is -0.340. The third-order valence-electron chi connectivity index (χ3n) is 4.56. The minimum absolute atomic E-state index is 0.191. The minimum Gasteiger partial charge on any atom is -0.497 e. The number of carbonyl (C=O) groups is 4. The van der Waals surface area contributed by atoms with E-state index >= 15 is 0 Å². The van der Waals surface area contributed by atoms with Crippen LogP contribution in [0.15, 0.2) is 48.5 Å². The van der Waals surface area contributed by atoms with Crippen molar-refractivity contribution in [3.63, 3.8) is 0 Å². The van der Waals surface area contributed by atoms with Gasteiger partial charge in [-0.3, -0.25) is 9.59 Å². The van der Waals surface area contributed by atoms with Crippen LogP contribution in [0, 0.1) is 0 Å². The van der Waals surface area contributed by atoms with E-state index in [0.717, 1.165) is 16.9 Å². The third-order valence-corrected chi connectivity index (χ3v) is 6.16. The van der Waals surface area contributed by atoms with Gasteiger partial charge in [-0.2, -0.15) is 0 Å². The van der Waals surface area contributed by atoms with Gasteiger partial charge in [-0.1, -0.05) is 24.3 Å². The van der Waals surface area contributed by atoms with Gasteiger partial charge in [0.1, 0.15) is 34.5 Å². The van der Waals surface area contributed by atoms with Gasteiger partial charge in [-0.15, -0.1) is 0 Å². The highest BCUT2D eigenvalue weighted by molar-refractivity contribution is 8.07. The molecule has 0 bridgehead atoms. The average Bonchev–Trinajstić information content (AvgIpc) is 2.85. The van der Waals surface area contributed by atoms with Crippen LogP contribution in [-0.2, 0) is 41.0 Å². The van der Waals surface area contributed by atoms with E-state index in [2.05, 4.69) is 5.32 Å². The van der Waals surface area contributed by atoms with E-state index in [4.69, 9.17) is 23.3 Å². The monoisotopic (exact) mass is 523 g/mol. The zero-order chi connectivity index (χ0) is 25.6. The van der Waals surface area contributed by atoms with Crippen molar-refractivity contribution in [1.29, 1.82) is 0 Å². The maximum atomic E-state index is 12.4. The Balaban J connectivity index is 1.85. The Morgan fingerprint density at radius 2 is 1.46 bits per heavy atom. The molecule has 1 amide bonds. The Labute approximate surface area is 206 Å². The first-order valence-corrected chi connectivity index (χ1v) is 13.3. The molecule has 0 saturated carbocycles. The summed E-state index contributed by atoms with van der Waals surface area (Å²) in [4.78, 5) is 47.0. The highest BCUT2D eigenvalue weighted by Crippen LogP contribution is 2.38. The predicted octanol–water partition coefficient (Wildman–Crippen LogP) is 3.71. The van der Waals surface area contributed by atoms with Crippen molar-refractivity contribution in [1.82, 2.24) is 5.32 Å². The molecule has 2 rings (SSSR count). The van der Waals surface area contributed by atoms with Gasteiger partial charge in [0.25, 0.3) is 0 Å². The Morgan fingerprint density at radius 3 is 2.06 bits per heavy atom. The van der Waals surface area contributed by atoms with Crippen molar-refractivity contribution < 1.29 is 42.4 Å². The number of benzene rings is 2. The summed E-state index contributed by atoms with van der Waals surface area (Å²) < 4.78 is 24.5. The number of hydrogen-bond donors (Lipinski definition) is 1. The smallest absolute Gasteiger partial charge is 0.497 e. The Kier molecular flexibility index (Phi) is 11.9. The van der Waals surface area contributed by atoms with Crippen molar-refractivity contribution in [2.75, 3.05) is 14.2 Å². The molecule has 10 nitrogen and oxygen atoms in total. The Hall–Kier alpha value is -3.22. The second kappa shape index (κ2) is 14.9. The number of methoxy groups -OCH3 is 2. The molecular weight excluding hydrogens is 496 g/mol. The second-order valence-electron chi connectivity index (χ2n) is 7.09. The fourth-order valence-corrected chi connectivity index (χ4v) is 4.14. The molecule has 1 N–H and O–H groups in total. The zero-order valence-electron chi connectivity index (χ0n) is 19.5. The van der Waals surface area contributed by atoms with Gasteiger partial charge < -0.3 is 28.6 Å². The van der Waals surface area contributed by atoms with Crippen molar-refractivity contribution >= 4 is 41.0 Å². The summed E-state index contributed by atoms with van der Waals surface area (Å²) in [6.07, 6.45) is -0.0232. The molecule has 0 aliphatic rings. The van der Waals surface area contributed by atoms with E-state index in [1.54, 1.807) is 19.2 Å². The third kappa shape index (κ3) is 10.7. The van der Waals surface area contributed by atoms with E-state index in [-0.39, 0.29) is 41.5 Å². The van der Waals surface area contributed by atoms with Crippen LogP contribution in [0.2, 0.25) is 0 Å². The van der Waals surface area contributed by atoms with Crippen LogP contribution < -0.4 is 14.8 Å². The summed E-state index contributed by atoms with van der Waals surface area (Å²) in [5, 5.41) is 2.71. The molecule has 188 valence electrons. The molecule has 0 aromatic heterocycles. The van der Waals surface area contributed by atoms with Crippen LogP contribution in [0.25, 0.3) is 0 Å². The molecule has 0 heterocycles. The Bertz CT molecular complexity index is 997. The van der Waals surface area contributed by atoms with Gasteiger partial charge in [0.2, 0.25) is 5.91 Å². The number of hydrogen-bond acceptors (Lipinski definition) is 9. The minimum atomic E-state index is -0.924. The maximum Gasteiger partial charge on any atom is 0.516 e. The number of ether oxygens (including phenoxy) is 3. The van der Waals surface area contributed by atoms with Crippen LogP contribution in [0.4, 0.5) is 4.79 Å². The number of amides is 1. The van der Waals surface area contributed by atoms with Crippen molar-refractivity contribution in [2.45, 2.75) is 32.2 Å². The first-order chi connectivity index (χ1) is 16.8. The van der Waals surface area contributed by atoms with Crippen LogP contribution in [0.5, 0.6) is 11.5 Å². The fourth-order valence-electron chi connectivity index (χ4n) is 2.85. The van der Waals surface area contributed by atoms with Gasteiger partial charge in [-0.05, 0) is 41.8 Å². The van der Waals surface area contributed by atoms with E-state index in [0.29, 0.717) is 6.42 Å². The molecule has 2 aromatic carbocycles. The van der Waals surface area contributed by atoms with E-state index < -0.39 is 24.1 Å². The average molecular weight is 523 g/mol. The number of esters is 1. The zero-order valence-corrected chi connectivity index (χ0v) is 21.5. The van der Waals surface area contributed by atoms with Crippen LogP contribution in [0.1, 0.15) is 24.5 Å². The first-order valence-electron chi connectivity index (χ1n) is 10.5. The number of carbonyl (C=O) groups excluding carboxylic acids is 4. The lowest BCUT2D eigenvalue weighted by molar-refractivity contribution is -0.145. The maximum absolute atomic E-state index is 12.4. The highest BCUT2D eigenvalue weighted by atomic mass is 32.0. The molecule has 3 atom stereocenters. The van der Waals surface area contributed by atoms with Gasteiger partial charge in [0.15, 0.2) is 0 Å². The molecule has 0 spiro atoms. The quantitative estimate of drug-likeness (QED) is 0.146. The molecular formula is C23H27NO9P2. The lowest BCUT2D eigenvalue weighted by atomic mass is 10.0. The standard InChI is InChI=1S/C23H27NO9P2/c1-15(25)32-34-35-33-23(28)31-19-11-6-17(7-12-19)14-20(22(27)30-3)24-21(26)13-8-16-4-9-18(29-2)10-5-16/h4-7,9-12,20,34-35H,8,13-14H2,1-3H3,(H,24,26). The lowest BCUT2D eigenvalue weighted by Gasteiger charge is -2.17. The van der Waals surface area contributed by atoms with Crippen molar-refractivity contribution in [3.8, 4) is 11.5 Å². The summed E-state index contributed by atoms with van der Waals surface area (Å²) in [6.45, 7) is 1.26. The van der Waals surface area contributed by atoms with Crippen LogP contribution in [0.3, 0.4) is 0 Å². The predicted molar refractivity (Wildman–Crippen MR) is 131 cm³/mol. The number of aryl methyl sites for hydroxylation is 1. The van der Waals surface area contributed by atoms with Gasteiger partial charge >= 0.3 is 18.1 Å². The molecule has 0 fully saturated rings. The highest BCUT2D eigenvalue weighted by Gasteiger charge is 2.22. The molecule has 0 radical (unpaired) electrons. The van der Waals surface area contributed by atoms with Gasteiger partial charge in [0, 0.05) is 19.8 Å². The molecule has 0 aliphatic heterocycles. The second-order valence-corrected chi connectivity index (χ2v) is 9.13. The molecule has 3 unspecified atom stereocenters. The summed E-state index contributed by atoms with van der Waals surface area (Å²) in [7, 11) is 2.20. The van der Waals surface area contributed by atoms with Gasteiger partial charge in [0.05, 0.1) is 14.2 Å². The van der Waals surface area contributed by atoms with E-state index in [9.17, 15) is 19.2 Å². The molecule has 0 aliphatic carbocycles. The van der Waals surface area contributed by atoms with Gasteiger partial charge in [-0.25, -0.2) is 9.59 Å². The Morgan fingerprint density at radius 1 is 0.857 bits per heavy atom. The lowest BCUT2D eigenvalue weighted by Crippen LogP contribution is -2.43. The molecule has 0 saturated heterocycles. The molecule has 2 aromatic rings. The number of nitrogens with one attached hydrogen (secondary N) is 1. The largest absolute Gasteiger partial charge is 0.516 e. The van der Waals surface area contributed by atoms with Crippen LogP contribution >= 0.6 is 17.0 Å². The molecule has 12 heteroatoms. The SMILES string of the molecule is COC(=O)C(Cc1ccc(OC(=O)OPPOC(C)=O)cc1)NC(=O)CCc1ccc(OC)cc1. The summed E-state index contributed by atoms with van der Waals surface area (Å²) in [5.41, 5.74) is 1.69. The summed E-state index contributed by atoms with van der Waals surface area (Å²) in [6, 6.07) is 12.9. The fraction of sp³-hybridized carbons (Fsp3) is 0.304. The van der Waals surface area contributed by atoms with Crippen molar-refractivity contribution in [2.24, 2.45) is 0 Å². The van der Waals surface area contributed by atoms with Crippen LogP contribution in [-0.4, -0.2) is 44.3 Å². The van der Waals surface area contributed by atoms with E-state index in [1.165, 1.54) is 26.2 Å². The topological polar surface area (TPSA) is 126 Å². The first kappa shape index (κ1) is 28.0. The number of rotatable bonds is 12. The van der Waals surface area contributed by atoms with Crippen molar-refractivity contribution in [3.05, 3.63) is 59.7 Å². The normalized spacial score (nSPS) is 11.7. The molecule has 35 heavy (non-hydrogen) atoms. The van der Waals surface area contributed by atoms with E-state index in [1.807, 2.05) is 24.3 Å².